The molecular formula is C25H34N2O5S. The van der Waals surface area contributed by atoms with Crippen LogP contribution in [-0.2, 0) is 34.2 Å². The molecule has 3 rings (SSSR count). The van der Waals surface area contributed by atoms with Gasteiger partial charge >= 0.3 is 5.97 Å². The minimum absolute atomic E-state index is 0.205. The lowest BCUT2D eigenvalue weighted by Gasteiger charge is -2.23. The molecular weight excluding hydrogens is 440 g/mol. The third-order valence-corrected chi connectivity index (χ3v) is 7.69. The number of ether oxygens (including phenoxy) is 1. The molecule has 0 radical (unpaired) electrons. The van der Waals surface area contributed by atoms with Crippen LogP contribution in [0.4, 0.5) is 0 Å². The highest BCUT2D eigenvalue weighted by molar-refractivity contribution is 7.89. The smallest absolute Gasteiger partial charge is 0.307 e. The van der Waals surface area contributed by atoms with Crippen LogP contribution in [0.1, 0.15) is 42.9 Å². The van der Waals surface area contributed by atoms with Crippen molar-refractivity contribution in [2.75, 3.05) is 26.7 Å². The second-order valence-electron chi connectivity index (χ2n) is 8.57. The number of carboxylic acids is 1. The predicted octanol–water partition coefficient (Wildman–Crippen LogP) is 3.47. The monoisotopic (exact) mass is 474 g/mol. The molecule has 180 valence electrons. The highest BCUT2D eigenvalue weighted by atomic mass is 32.2. The Kier molecular flexibility index (Phi) is 8.88. The summed E-state index contributed by atoms with van der Waals surface area (Å²) in [5.41, 5.74) is 2.59. The Hall–Kier alpha value is -2.42. The van der Waals surface area contributed by atoms with E-state index in [9.17, 15) is 18.3 Å². The summed E-state index contributed by atoms with van der Waals surface area (Å²) in [5.74, 6) is -0.636. The van der Waals surface area contributed by atoms with Gasteiger partial charge in [-0.25, -0.2) is 13.1 Å². The maximum atomic E-state index is 13.0. The molecule has 0 saturated carbocycles. The van der Waals surface area contributed by atoms with E-state index in [-0.39, 0.29) is 17.9 Å². The molecule has 0 spiro atoms. The number of benzene rings is 2. The number of carboxylic acid groups (broad SMARTS) is 1. The lowest BCUT2D eigenvalue weighted by atomic mass is 10.1. The minimum atomic E-state index is -3.72. The summed E-state index contributed by atoms with van der Waals surface area (Å²) in [6.45, 7) is 4.66. The van der Waals surface area contributed by atoms with E-state index in [1.54, 1.807) is 19.2 Å². The van der Waals surface area contributed by atoms with Crippen molar-refractivity contribution in [3.63, 3.8) is 0 Å². The van der Waals surface area contributed by atoms with Gasteiger partial charge in [0.15, 0.2) is 0 Å². The quantitative estimate of drug-likeness (QED) is 0.432. The molecule has 8 heteroatoms. The normalized spacial score (nSPS) is 15.5. The fraction of sp³-hybridized carbons (Fsp3) is 0.480. The van der Waals surface area contributed by atoms with Crippen LogP contribution in [0.15, 0.2) is 47.4 Å². The van der Waals surface area contributed by atoms with Gasteiger partial charge in [-0.1, -0.05) is 44.0 Å². The molecule has 0 fully saturated rings. The highest BCUT2D eigenvalue weighted by Gasteiger charge is 2.32. The van der Waals surface area contributed by atoms with Crippen molar-refractivity contribution in [2.24, 2.45) is 5.92 Å². The summed E-state index contributed by atoms with van der Waals surface area (Å²) in [7, 11) is -2.08. The molecule has 0 bridgehead atoms. The average molecular weight is 475 g/mol. The van der Waals surface area contributed by atoms with Gasteiger partial charge in [0.25, 0.3) is 0 Å². The van der Waals surface area contributed by atoms with E-state index in [0.29, 0.717) is 18.5 Å². The predicted molar refractivity (Wildman–Crippen MR) is 128 cm³/mol. The Balaban J connectivity index is 1.64. The van der Waals surface area contributed by atoms with Crippen LogP contribution in [0.3, 0.4) is 0 Å². The van der Waals surface area contributed by atoms with Crippen molar-refractivity contribution in [3.05, 3.63) is 59.2 Å². The van der Waals surface area contributed by atoms with Crippen molar-refractivity contribution in [3.8, 4) is 5.75 Å². The fourth-order valence-electron chi connectivity index (χ4n) is 4.30. The van der Waals surface area contributed by atoms with Gasteiger partial charge < -0.3 is 9.84 Å². The van der Waals surface area contributed by atoms with E-state index in [1.807, 2.05) is 30.3 Å². The first-order valence-corrected chi connectivity index (χ1v) is 13.0. The molecule has 0 heterocycles. The van der Waals surface area contributed by atoms with Crippen LogP contribution in [0.5, 0.6) is 5.75 Å². The number of methoxy groups -OCH3 is 1. The second kappa shape index (κ2) is 11.6. The van der Waals surface area contributed by atoms with Crippen molar-refractivity contribution < 1.29 is 23.1 Å². The zero-order valence-corrected chi connectivity index (χ0v) is 20.2. The summed E-state index contributed by atoms with van der Waals surface area (Å²) < 4.78 is 34.1. The first-order chi connectivity index (χ1) is 15.8. The molecule has 1 aliphatic carbocycles. The second-order valence-corrected chi connectivity index (χ2v) is 10.3. The molecule has 0 aliphatic heterocycles. The van der Waals surface area contributed by atoms with Crippen LogP contribution in [0, 0.1) is 5.92 Å². The zero-order valence-electron chi connectivity index (χ0n) is 19.4. The number of fused-ring (bicyclic) bond motifs is 1. The maximum Gasteiger partial charge on any atom is 0.307 e. The van der Waals surface area contributed by atoms with Gasteiger partial charge in [0, 0.05) is 19.6 Å². The zero-order chi connectivity index (χ0) is 23.8. The molecule has 1 aliphatic rings. The number of carbonyl (C=O) groups is 1. The summed E-state index contributed by atoms with van der Waals surface area (Å²) >= 11 is 0. The Bertz CT molecular complexity index is 1040. The molecule has 2 N–H and O–H groups in total. The summed E-state index contributed by atoms with van der Waals surface area (Å²) in [6.07, 6.45) is 3.94. The molecule has 1 unspecified atom stereocenters. The van der Waals surface area contributed by atoms with Crippen LogP contribution >= 0.6 is 0 Å². The number of nitrogens with one attached hydrogen (secondary N) is 1. The third kappa shape index (κ3) is 6.79. The van der Waals surface area contributed by atoms with Crippen molar-refractivity contribution in [1.29, 1.82) is 0 Å². The molecule has 33 heavy (non-hydrogen) atoms. The van der Waals surface area contributed by atoms with Gasteiger partial charge in [-0.2, -0.15) is 0 Å². The Morgan fingerprint density at radius 3 is 2.55 bits per heavy atom. The number of nitrogens with zero attached hydrogens (tertiary/aromatic N) is 1. The van der Waals surface area contributed by atoms with Gasteiger partial charge in [-0.05, 0) is 60.7 Å². The molecule has 1 atom stereocenters. The summed E-state index contributed by atoms with van der Waals surface area (Å²) in [4.78, 5) is 13.9. The topological polar surface area (TPSA) is 95.9 Å². The average Bonchev–Trinajstić information content (AvgIpc) is 3.24. The minimum Gasteiger partial charge on any atom is -0.497 e. The maximum absolute atomic E-state index is 13.0. The van der Waals surface area contributed by atoms with Crippen LogP contribution in [0.2, 0.25) is 0 Å². The van der Waals surface area contributed by atoms with Crippen LogP contribution in [0.25, 0.3) is 0 Å². The molecule has 2 aromatic carbocycles. The van der Waals surface area contributed by atoms with Crippen LogP contribution < -0.4 is 9.46 Å². The van der Waals surface area contributed by atoms with Crippen molar-refractivity contribution in [1.82, 2.24) is 9.62 Å². The van der Waals surface area contributed by atoms with Gasteiger partial charge in [0.1, 0.15) is 5.75 Å². The first-order valence-electron chi connectivity index (χ1n) is 11.5. The number of rotatable bonds is 13. The van der Waals surface area contributed by atoms with Gasteiger partial charge in [0.05, 0.1) is 17.9 Å². The van der Waals surface area contributed by atoms with Gasteiger partial charge in [-0.15, -0.1) is 0 Å². The molecule has 0 aromatic heterocycles. The SMILES string of the molecule is CCCCCN(CCNS(=O)(=O)c1cccc2c1CC(C(=O)O)C2)Cc1ccc(OC)cc1. The number of aliphatic carboxylic acids is 1. The van der Waals surface area contributed by atoms with Gasteiger partial charge in [0.2, 0.25) is 10.0 Å². The molecule has 0 amide bonds. The molecule has 7 nitrogen and oxygen atoms in total. The number of hydrogen-bond acceptors (Lipinski definition) is 5. The highest BCUT2D eigenvalue weighted by Crippen LogP contribution is 2.31. The molecule has 2 aromatic rings. The molecule has 0 saturated heterocycles. The lowest BCUT2D eigenvalue weighted by molar-refractivity contribution is -0.141. The fourth-order valence-corrected chi connectivity index (χ4v) is 5.62. The Morgan fingerprint density at radius 1 is 1.12 bits per heavy atom. The summed E-state index contributed by atoms with van der Waals surface area (Å²) in [6, 6.07) is 13.0. The van der Waals surface area contributed by atoms with Crippen LogP contribution in [-0.4, -0.2) is 51.1 Å². The van der Waals surface area contributed by atoms with E-state index >= 15 is 0 Å². The standard InChI is InChI=1S/C25H34N2O5S/c1-3-4-5-14-27(18-19-9-11-22(32-2)12-10-19)15-13-26-33(30,31)24-8-6-7-20-16-21(25(28)29)17-23(20)24/h6-12,21,26H,3-5,13-18H2,1-2H3,(H,28,29). The van der Waals surface area contributed by atoms with Crippen molar-refractivity contribution in [2.45, 2.75) is 50.5 Å². The van der Waals surface area contributed by atoms with Crippen molar-refractivity contribution >= 4 is 16.0 Å². The lowest BCUT2D eigenvalue weighted by Crippen LogP contribution is -2.35. The first kappa shape index (κ1) is 25.2. The van der Waals surface area contributed by atoms with E-state index < -0.39 is 21.9 Å². The van der Waals surface area contributed by atoms with E-state index in [1.165, 1.54) is 0 Å². The third-order valence-electron chi connectivity index (χ3n) is 6.15. The van der Waals surface area contributed by atoms with E-state index in [2.05, 4.69) is 16.5 Å². The number of sulfonamides is 1. The summed E-state index contributed by atoms with van der Waals surface area (Å²) in [5, 5.41) is 9.34. The Morgan fingerprint density at radius 2 is 1.88 bits per heavy atom. The largest absolute Gasteiger partial charge is 0.497 e. The number of unbranched alkanes of at least 4 members (excludes halogenated alkanes) is 2. The van der Waals surface area contributed by atoms with Gasteiger partial charge in [-0.3, -0.25) is 9.69 Å². The van der Waals surface area contributed by atoms with E-state index in [0.717, 1.165) is 49.2 Å². The van der Waals surface area contributed by atoms with E-state index in [4.69, 9.17) is 4.74 Å². The number of hydrogen-bond donors (Lipinski definition) is 2. The Labute approximate surface area is 196 Å².